The first-order valence-corrected chi connectivity index (χ1v) is 16.3. The van der Waals surface area contributed by atoms with Crippen LogP contribution in [0.25, 0.3) is 33.3 Å². The number of nitrogens with one attached hydrogen (secondary N) is 2. The molecule has 8 bridgehead atoms. The average Bonchev–Trinajstić information content (AvgIpc) is 3.74. The largest absolute Gasteiger partial charge is 0.469 e. The molecule has 0 aliphatic carbocycles. The second-order valence-corrected chi connectivity index (χ2v) is 12.7. The van der Waals surface area contributed by atoms with Gasteiger partial charge in [0, 0.05) is 40.7 Å². The van der Waals surface area contributed by atoms with E-state index in [0.29, 0.717) is 45.4 Å². The van der Waals surface area contributed by atoms with Crippen molar-refractivity contribution in [3.05, 3.63) is 107 Å². The molecule has 2 aromatic rings. The number of carbonyl (C=O) groups excluding carboxylic acids is 3. The maximum atomic E-state index is 14.5. The Morgan fingerprint density at radius 2 is 1.67 bits per heavy atom. The van der Waals surface area contributed by atoms with E-state index in [4.69, 9.17) is 14.7 Å². The lowest BCUT2D eigenvalue weighted by molar-refractivity contribution is -0.140. The van der Waals surface area contributed by atoms with Crippen LogP contribution in [0.3, 0.4) is 0 Å². The quantitative estimate of drug-likeness (QED) is 0.171. The molecule has 246 valence electrons. The summed E-state index contributed by atoms with van der Waals surface area (Å²) in [5.74, 6) is -1.57. The number of nitrogens with zero attached hydrogens (tertiary/aromatic N) is 3. The van der Waals surface area contributed by atoms with Crippen molar-refractivity contribution in [2.75, 3.05) is 13.7 Å². The lowest BCUT2D eigenvalue weighted by atomic mass is 9.84. The number of imide groups is 1. The molecule has 0 fully saturated rings. The van der Waals surface area contributed by atoms with Crippen LogP contribution >= 0.6 is 0 Å². The van der Waals surface area contributed by atoms with E-state index in [1.165, 1.54) is 12.0 Å². The Morgan fingerprint density at radius 3 is 2.33 bits per heavy atom. The third-order valence-electron chi connectivity index (χ3n) is 10.1. The van der Waals surface area contributed by atoms with E-state index in [9.17, 15) is 14.4 Å². The van der Waals surface area contributed by atoms with Crippen LogP contribution in [0.15, 0.2) is 55.7 Å². The normalized spacial score (nSPS) is 17.9. The molecule has 0 spiro atoms. The van der Waals surface area contributed by atoms with Gasteiger partial charge in [0.2, 0.25) is 0 Å². The second kappa shape index (κ2) is 12.4. The number of fused-ring (bicyclic) bond motifs is 8. The number of hydrogen-bond donors (Lipinski definition) is 2. The molecular formula is C39H41N5O4. The van der Waals surface area contributed by atoms with Gasteiger partial charge in [0.25, 0.3) is 11.8 Å². The highest BCUT2D eigenvalue weighted by Gasteiger charge is 2.40. The Kier molecular flexibility index (Phi) is 8.41. The number of aryl methyl sites for hydroxylation is 1. The second-order valence-electron chi connectivity index (χ2n) is 12.7. The summed E-state index contributed by atoms with van der Waals surface area (Å²) in [7, 11) is 1.37. The summed E-state index contributed by atoms with van der Waals surface area (Å²) in [5, 5.41) is 0. The number of allylic oxidation sites excluding steroid dienone is 5. The Balaban J connectivity index is 1.78. The number of hydrogen-bond acceptors (Lipinski definition) is 6. The Hall–Kier alpha value is -5.31. The lowest BCUT2D eigenvalue weighted by Gasteiger charge is -2.27. The third-order valence-corrected chi connectivity index (χ3v) is 10.1. The zero-order valence-corrected chi connectivity index (χ0v) is 28.5. The summed E-state index contributed by atoms with van der Waals surface area (Å²) in [6.45, 7) is 22.0. The topological polar surface area (TPSA) is 121 Å². The van der Waals surface area contributed by atoms with Crippen molar-refractivity contribution in [2.24, 2.45) is 0 Å². The van der Waals surface area contributed by atoms with Crippen LogP contribution in [0.2, 0.25) is 0 Å². The monoisotopic (exact) mass is 643 g/mol. The number of H-pyrrole nitrogens is 2. The predicted octanol–water partition coefficient (Wildman–Crippen LogP) is 7.98. The number of ether oxygens (including phenoxy) is 1. The molecule has 0 radical (unpaired) electrons. The van der Waals surface area contributed by atoms with E-state index in [1.807, 2.05) is 38.1 Å². The van der Waals surface area contributed by atoms with Crippen LogP contribution in [0.4, 0.5) is 0 Å². The lowest BCUT2D eigenvalue weighted by Crippen LogP contribution is -2.41. The van der Waals surface area contributed by atoms with E-state index in [2.05, 4.69) is 50.5 Å². The zero-order valence-electron chi connectivity index (χ0n) is 28.5. The first-order valence-electron chi connectivity index (χ1n) is 16.3. The molecule has 2 amide bonds. The number of aromatic amines is 2. The van der Waals surface area contributed by atoms with Gasteiger partial charge < -0.3 is 14.7 Å². The van der Waals surface area contributed by atoms with Gasteiger partial charge in [-0.25, -0.2) is 9.97 Å². The van der Waals surface area contributed by atoms with Gasteiger partial charge in [-0.15, -0.1) is 0 Å². The SMILES string of the molecule is C=CC(=C)CN1C(=O)c2c3[nH]c(cc4nc(cc5nc(cc6[nH]c2c(c6C)C1=O)C(CC)=C5C)C(C=C)=C4C)[C@@H](C)[C@@H]3CCC(=O)OC. The molecule has 6 rings (SSSR count). The van der Waals surface area contributed by atoms with Gasteiger partial charge in [-0.3, -0.25) is 19.3 Å². The molecule has 9 nitrogen and oxygen atoms in total. The van der Waals surface area contributed by atoms with Crippen molar-refractivity contribution in [1.82, 2.24) is 24.8 Å². The van der Waals surface area contributed by atoms with Gasteiger partial charge in [0.1, 0.15) is 0 Å². The van der Waals surface area contributed by atoms with Crippen molar-refractivity contribution in [2.45, 2.75) is 65.7 Å². The fraction of sp³-hybridized carbons (Fsp3) is 0.308. The first-order chi connectivity index (χ1) is 22.9. The average molecular weight is 644 g/mol. The molecular weight excluding hydrogens is 602 g/mol. The maximum absolute atomic E-state index is 14.5. The molecule has 0 aromatic carbocycles. The molecule has 9 heteroatoms. The van der Waals surface area contributed by atoms with Crippen molar-refractivity contribution < 1.29 is 19.1 Å². The van der Waals surface area contributed by atoms with E-state index in [0.717, 1.165) is 57.2 Å². The molecule has 0 unspecified atom stereocenters. The minimum atomic E-state index is -0.448. The van der Waals surface area contributed by atoms with Crippen LogP contribution in [-0.2, 0) is 9.53 Å². The van der Waals surface area contributed by atoms with Gasteiger partial charge in [-0.2, -0.15) is 0 Å². The highest BCUT2D eigenvalue weighted by molar-refractivity contribution is 6.23. The van der Waals surface area contributed by atoms with Crippen LogP contribution < -0.4 is 0 Å². The van der Waals surface area contributed by atoms with Crippen LogP contribution in [0, 0.1) is 6.92 Å². The minimum Gasteiger partial charge on any atom is -0.469 e. The predicted molar refractivity (Wildman–Crippen MR) is 190 cm³/mol. The van der Waals surface area contributed by atoms with Crippen molar-refractivity contribution in [3.63, 3.8) is 0 Å². The molecule has 2 aromatic heterocycles. The van der Waals surface area contributed by atoms with E-state index in [-0.39, 0.29) is 30.8 Å². The van der Waals surface area contributed by atoms with Crippen LogP contribution in [0.1, 0.15) is 119 Å². The molecule has 48 heavy (non-hydrogen) atoms. The van der Waals surface area contributed by atoms with E-state index < -0.39 is 11.8 Å². The summed E-state index contributed by atoms with van der Waals surface area (Å²) < 4.78 is 4.99. The highest BCUT2D eigenvalue weighted by Crippen LogP contribution is 2.45. The number of methoxy groups -OCH3 is 1. The summed E-state index contributed by atoms with van der Waals surface area (Å²) in [6.07, 6.45) is 4.71. The number of aromatic nitrogens is 4. The van der Waals surface area contributed by atoms with Crippen LogP contribution in [-0.4, -0.2) is 56.3 Å². The van der Waals surface area contributed by atoms with Gasteiger partial charge in [0.15, 0.2) is 0 Å². The molecule has 6 heterocycles. The molecule has 4 aliphatic heterocycles. The Morgan fingerprint density at radius 1 is 0.979 bits per heavy atom. The third kappa shape index (κ3) is 5.14. The first kappa shape index (κ1) is 32.6. The van der Waals surface area contributed by atoms with Crippen LogP contribution in [0.5, 0.6) is 0 Å². The molecule has 0 saturated heterocycles. The number of esters is 1. The van der Waals surface area contributed by atoms with Gasteiger partial charge >= 0.3 is 5.97 Å². The zero-order chi connectivity index (χ0) is 34.6. The molecule has 4 aliphatic rings. The van der Waals surface area contributed by atoms with Gasteiger partial charge in [-0.1, -0.05) is 45.7 Å². The molecule has 0 saturated carbocycles. The summed E-state index contributed by atoms with van der Waals surface area (Å²) >= 11 is 0. The smallest absolute Gasteiger partial charge is 0.305 e. The standard InChI is InChI=1S/C39H41N5O4/c1-10-19(4)18-44-38(46)34-23(8)30-17-32-25(12-3)21(6)28(41-32)16-31-24(11-2)20(5)27(40-31)15-29-22(7)26(13-14-33(45)48-9)36(42-29)35(39(44)47)37(34)43-30/h10-11,15-17,22,26,42-43H,1-2,4,12-14,18H2,3,5-9H3/t22-,26-/m0/s1. The fourth-order valence-corrected chi connectivity index (χ4v) is 7.22. The van der Waals surface area contributed by atoms with E-state index in [1.54, 1.807) is 6.08 Å². The number of rotatable bonds is 8. The summed E-state index contributed by atoms with van der Waals surface area (Å²) in [5.41, 5.74) is 11.9. The number of amides is 2. The summed E-state index contributed by atoms with van der Waals surface area (Å²) in [4.78, 5) is 59.5. The minimum absolute atomic E-state index is 0.00134. The maximum Gasteiger partial charge on any atom is 0.305 e. The fourth-order valence-electron chi connectivity index (χ4n) is 7.22. The highest BCUT2D eigenvalue weighted by atomic mass is 16.5. The number of carbonyl (C=O) groups is 3. The Labute approximate surface area is 280 Å². The molecule has 2 atom stereocenters. The van der Waals surface area contributed by atoms with E-state index >= 15 is 0 Å². The van der Waals surface area contributed by atoms with Gasteiger partial charge in [-0.05, 0) is 79.7 Å². The van der Waals surface area contributed by atoms with Gasteiger partial charge in [0.05, 0.1) is 53.1 Å². The molecule has 2 N–H and O–H groups in total. The van der Waals surface area contributed by atoms with Crippen molar-refractivity contribution >= 4 is 51.1 Å². The Bertz CT molecular complexity index is 2100. The van der Waals surface area contributed by atoms with Crippen molar-refractivity contribution in [3.8, 4) is 0 Å². The summed E-state index contributed by atoms with van der Waals surface area (Å²) in [6, 6.07) is 5.99. The van der Waals surface area contributed by atoms with Crippen molar-refractivity contribution in [1.29, 1.82) is 0 Å².